The van der Waals surface area contributed by atoms with Gasteiger partial charge in [0.05, 0.1) is 18.4 Å². The van der Waals surface area contributed by atoms with Gasteiger partial charge in [-0.2, -0.15) is 10.4 Å². The third-order valence-electron chi connectivity index (χ3n) is 2.66. The Labute approximate surface area is 111 Å². The monoisotopic (exact) mass is 257 g/mol. The summed E-state index contributed by atoms with van der Waals surface area (Å²) in [5.74, 6) is 1.49. The van der Waals surface area contributed by atoms with Crippen molar-refractivity contribution in [1.29, 1.82) is 5.26 Å². The van der Waals surface area contributed by atoms with Gasteiger partial charge in [0.25, 0.3) is 0 Å². The molecule has 6 nitrogen and oxygen atoms in total. The number of aromatic nitrogens is 3. The topological polar surface area (TPSA) is 75.8 Å². The van der Waals surface area contributed by atoms with Gasteiger partial charge in [-0.25, -0.2) is 4.98 Å². The van der Waals surface area contributed by atoms with Gasteiger partial charge in [0.15, 0.2) is 5.82 Å². The lowest BCUT2D eigenvalue weighted by atomic mass is 10.2. The minimum Gasteiger partial charge on any atom is -0.497 e. The predicted octanol–water partition coefficient (Wildman–Crippen LogP) is 1.35. The molecule has 0 fully saturated rings. The van der Waals surface area contributed by atoms with Crippen molar-refractivity contribution in [1.82, 2.24) is 14.8 Å². The summed E-state index contributed by atoms with van der Waals surface area (Å²) in [5, 5.41) is 16.4. The summed E-state index contributed by atoms with van der Waals surface area (Å²) in [6.07, 6.45) is 2.37. The Morgan fingerprint density at radius 1 is 1.47 bits per heavy atom. The zero-order valence-corrected chi connectivity index (χ0v) is 10.9. The SMILES string of the molecule is COc1ccc(C#N)c(NCCc2ncn(C)n2)c1. The van der Waals surface area contributed by atoms with Crippen LogP contribution in [0.2, 0.25) is 0 Å². The molecule has 0 spiro atoms. The molecular formula is C13H15N5O. The van der Waals surface area contributed by atoms with Crippen molar-refractivity contribution in [2.24, 2.45) is 7.05 Å². The molecule has 6 heteroatoms. The average Bonchev–Trinajstić information content (AvgIpc) is 2.84. The first-order valence-electron chi connectivity index (χ1n) is 5.89. The zero-order chi connectivity index (χ0) is 13.7. The van der Waals surface area contributed by atoms with E-state index in [4.69, 9.17) is 10.00 Å². The first-order chi connectivity index (χ1) is 9.22. The molecule has 2 rings (SSSR count). The molecule has 1 aromatic carbocycles. The Hall–Kier alpha value is -2.55. The molecule has 1 aromatic heterocycles. The maximum atomic E-state index is 9.04. The average molecular weight is 257 g/mol. The van der Waals surface area contributed by atoms with Crippen LogP contribution in [0.25, 0.3) is 0 Å². The first kappa shape index (κ1) is 12.9. The van der Waals surface area contributed by atoms with Crippen molar-refractivity contribution < 1.29 is 4.74 Å². The van der Waals surface area contributed by atoms with E-state index in [0.29, 0.717) is 18.5 Å². The fraction of sp³-hybridized carbons (Fsp3) is 0.308. The van der Waals surface area contributed by atoms with E-state index in [2.05, 4.69) is 21.5 Å². The highest BCUT2D eigenvalue weighted by Crippen LogP contribution is 2.21. The van der Waals surface area contributed by atoms with Gasteiger partial charge in [-0.15, -0.1) is 0 Å². The molecule has 19 heavy (non-hydrogen) atoms. The Morgan fingerprint density at radius 3 is 2.95 bits per heavy atom. The number of anilines is 1. The fourth-order valence-corrected chi connectivity index (χ4v) is 1.70. The van der Waals surface area contributed by atoms with Gasteiger partial charge < -0.3 is 10.1 Å². The second-order valence-corrected chi connectivity index (χ2v) is 4.03. The van der Waals surface area contributed by atoms with Crippen LogP contribution in [0.1, 0.15) is 11.4 Å². The minimum atomic E-state index is 0.592. The lowest BCUT2D eigenvalue weighted by Crippen LogP contribution is -2.07. The van der Waals surface area contributed by atoms with Gasteiger partial charge in [-0.1, -0.05) is 0 Å². The second-order valence-electron chi connectivity index (χ2n) is 4.03. The van der Waals surface area contributed by atoms with Crippen LogP contribution in [-0.2, 0) is 13.5 Å². The zero-order valence-electron chi connectivity index (χ0n) is 10.9. The third-order valence-corrected chi connectivity index (χ3v) is 2.66. The number of hydrogen-bond donors (Lipinski definition) is 1. The Bertz CT molecular complexity index is 599. The van der Waals surface area contributed by atoms with Crippen LogP contribution in [0.3, 0.4) is 0 Å². The Kier molecular flexibility index (Phi) is 3.98. The summed E-state index contributed by atoms with van der Waals surface area (Å²) in [5.41, 5.74) is 1.35. The maximum absolute atomic E-state index is 9.04. The van der Waals surface area contributed by atoms with Gasteiger partial charge in [-0.05, 0) is 12.1 Å². The predicted molar refractivity (Wildman–Crippen MR) is 70.9 cm³/mol. The maximum Gasteiger partial charge on any atom is 0.152 e. The smallest absolute Gasteiger partial charge is 0.152 e. The van der Waals surface area contributed by atoms with Crippen molar-refractivity contribution >= 4 is 5.69 Å². The molecule has 0 aliphatic heterocycles. The van der Waals surface area contributed by atoms with E-state index in [0.717, 1.165) is 17.3 Å². The summed E-state index contributed by atoms with van der Waals surface area (Å²) in [6.45, 7) is 0.659. The molecule has 1 heterocycles. The fourth-order valence-electron chi connectivity index (χ4n) is 1.70. The number of nitrogens with one attached hydrogen (secondary N) is 1. The summed E-state index contributed by atoms with van der Waals surface area (Å²) in [4.78, 5) is 4.15. The summed E-state index contributed by atoms with van der Waals surface area (Å²) < 4.78 is 6.81. The van der Waals surface area contributed by atoms with Gasteiger partial charge in [0.1, 0.15) is 18.1 Å². The molecular weight excluding hydrogens is 242 g/mol. The number of nitriles is 1. The van der Waals surface area contributed by atoms with E-state index in [1.807, 2.05) is 13.1 Å². The number of methoxy groups -OCH3 is 1. The van der Waals surface area contributed by atoms with Gasteiger partial charge in [-0.3, -0.25) is 4.68 Å². The highest BCUT2D eigenvalue weighted by Gasteiger charge is 2.04. The molecule has 98 valence electrons. The number of ether oxygens (including phenoxy) is 1. The van der Waals surface area contributed by atoms with Crippen LogP contribution < -0.4 is 10.1 Å². The Balaban J connectivity index is 2.00. The quantitative estimate of drug-likeness (QED) is 0.875. The molecule has 1 N–H and O–H groups in total. The Morgan fingerprint density at radius 2 is 2.32 bits per heavy atom. The van der Waals surface area contributed by atoms with Crippen molar-refractivity contribution in [2.45, 2.75) is 6.42 Å². The van der Waals surface area contributed by atoms with E-state index in [1.165, 1.54) is 0 Å². The summed E-state index contributed by atoms with van der Waals surface area (Å²) in [6, 6.07) is 7.46. The number of benzene rings is 1. The molecule has 0 saturated carbocycles. The van der Waals surface area contributed by atoms with Crippen molar-refractivity contribution in [3.8, 4) is 11.8 Å². The standard InChI is InChI=1S/C13H15N5O/c1-18-9-16-13(17-18)5-6-15-12-7-11(19-2)4-3-10(12)8-14/h3-4,7,9,15H,5-6H2,1-2H3. The van der Waals surface area contributed by atoms with Crippen LogP contribution in [0.15, 0.2) is 24.5 Å². The highest BCUT2D eigenvalue weighted by molar-refractivity contribution is 5.60. The minimum absolute atomic E-state index is 0.592. The van der Waals surface area contributed by atoms with E-state index in [1.54, 1.807) is 30.3 Å². The van der Waals surface area contributed by atoms with Crippen LogP contribution >= 0.6 is 0 Å². The van der Waals surface area contributed by atoms with Crippen LogP contribution in [0.4, 0.5) is 5.69 Å². The van der Waals surface area contributed by atoms with Crippen molar-refractivity contribution in [2.75, 3.05) is 19.0 Å². The summed E-state index contributed by atoms with van der Waals surface area (Å²) in [7, 11) is 3.43. The molecule has 0 atom stereocenters. The number of hydrogen-bond acceptors (Lipinski definition) is 5. The van der Waals surface area contributed by atoms with E-state index in [-0.39, 0.29) is 0 Å². The number of aryl methyl sites for hydroxylation is 1. The molecule has 2 aromatic rings. The largest absolute Gasteiger partial charge is 0.497 e. The normalized spacial score (nSPS) is 9.95. The van der Waals surface area contributed by atoms with Crippen molar-refractivity contribution in [3.05, 3.63) is 35.9 Å². The van der Waals surface area contributed by atoms with Crippen molar-refractivity contribution in [3.63, 3.8) is 0 Å². The van der Waals surface area contributed by atoms with Gasteiger partial charge in [0.2, 0.25) is 0 Å². The molecule has 0 aliphatic rings. The summed E-state index contributed by atoms with van der Waals surface area (Å²) >= 11 is 0. The molecule has 0 unspecified atom stereocenters. The third kappa shape index (κ3) is 3.22. The van der Waals surface area contributed by atoms with Crippen LogP contribution in [0.5, 0.6) is 5.75 Å². The number of nitrogens with zero attached hydrogens (tertiary/aromatic N) is 4. The van der Waals surface area contributed by atoms with Crippen LogP contribution in [-0.4, -0.2) is 28.4 Å². The van der Waals surface area contributed by atoms with E-state index < -0.39 is 0 Å². The number of rotatable bonds is 5. The second kappa shape index (κ2) is 5.87. The molecule has 0 bridgehead atoms. The molecule has 0 radical (unpaired) electrons. The van der Waals surface area contributed by atoms with E-state index in [9.17, 15) is 0 Å². The lowest BCUT2D eigenvalue weighted by molar-refractivity contribution is 0.415. The van der Waals surface area contributed by atoms with Gasteiger partial charge >= 0.3 is 0 Å². The lowest BCUT2D eigenvalue weighted by Gasteiger charge is -2.09. The molecule has 0 aliphatic carbocycles. The molecule has 0 amide bonds. The highest BCUT2D eigenvalue weighted by atomic mass is 16.5. The first-order valence-corrected chi connectivity index (χ1v) is 5.89. The van der Waals surface area contributed by atoms with Crippen LogP contribution in [0, 0.1) is 11.3 Å². The molecule has 0 saturated heterocycles. The van der Waals surface area contributed by atoms with Gasteiger partial charge in [0, 0.05) is 26.1 Å². The van der Waals surface area contributed by atoms with E-state index >= 15 is 0 Å².